The molecule has 2 aliphatic carbocycles. The van der Waals surface area contributed by atoms with E-state index in [4.69, 9.17) is 9.26 Å². The van der Waals surface area contributed by atoms with Crippen molar-refractivity contribution in [1.29, 1.82) is 0 Å². The summed E-state index contributed by atoms with van der Waals surface area (Å²) in [6, 6.07) is 6.31. The summed E-state index contributed by atoms with van der Waals surface area (Å²) in [5.41, 5.74) is 5.97. The molecule has 1 unspecified atom stereocenters. The van der Waals surface area contributed by atoms with Gasteiger partial charge in [0.2, 0.25) is 5.91 Å². The van der Waals surface area contributed by atoms with Gasteiger partial charge in [-0.15, -0.1) is 0 Å². The summed E-state index contributed by atoms with van der Waals surface area (Å²) >= 11 is 0. The van der Waals surface area contributed by atoms with Crippen molar-refractivity contribution in [3.05, 3.63) is 46.3 Å². The minimum absolute atomic E-state index is 0.0950. The summed E-state index contributed by atoms with van der Waals surface area (Å²) in [5.74, 6) is 2.39. The van der Waals surface area contributed by atoms with Gasteiger partial charge in [-0.25, -0.2) is 0 Å². The van der Waals surface area contributed by atoms with Crippen LogP contribution in [0.3, 0.4) is 0 Å². The topological polar surface area (TPSA) is 72.6 Å². The van der Waals surface area contributed by atoms with E-state index in [2.05, 4.69) is 51.1 Å². The number of benzene rings is 1. The lowest BCUT2D eigenvalue weighted by molar-refractivity contribution is -0.141. The van der Waals surface area contributed by atoms with Crippen LogP contribution in [0.1, 0.15) is 118 Å². The highest BCUT2D eigenvalue weighted by molar-refractivity contribution is 5.96. The molecular weight excluding hydrogens is 464 g/mol. The Morgan fingerprint density at radius 3 is 2.62 bits per heavy atom. The Labute approximate surface area is 221 Å². The number of aromatic nitrogens is 1. The molecule has 6 heteroatoms. The lowest BCUT2D eigenvalue weighted by atomic mass is 9.66. The van der Waals surface area contributed by atoms with Crippen LogP contribution in [0.5, 0.6) is 0 Å². The highest BCUT2D eigenvalue weighted by atomic mass is 16.5. The first kappa shape index (κ1) is 26.0. The second kappa shape index (κ2) is 10.3. The summed E-state index contributed by atoms with van der Waals surface area (Å²) < 4.78 is 11.0. The third kappa shape index (κ3) is 5.78. The third-order valence-corrected chi connectivity index (χ3v) is 8.44. The first-order valence-corrected chi connectivity index (χ1v) is 14.1. The maximum atomic E-state index is 13.6. The Kier molecular flexibility index (Phi) is 7.21. The minimum atomic E-state index is -0.250. The Morgan fingerprint density at radius 2 is 1.95 bits per heavy atom. The van der Waals surface area contributed by atoms with Gasteiger partial charge in [-0.2, -0.15) is 0 Å². The summed E-state index contributed by atoms with van der Waals surface area (Å²) in [7, 11) is 1.42. The van der Waals surface area contributed by atoms with Crippen LogP contribution in [-0.2, 0) is 20.7 Å². The summed E-state index contributed by atoms with van der Waals surface area (Å²) in [5, 5.41) is 4.62. The molecule has 5 rings (SSSR count). The lowest BCUT2D eigenvalue weighted by Crippen LogP contribution is -2.30. The van der Waals surface area contributed by atoms with E-state index in [1.807, 2.05) is 4.90 Å². The summed E-state index contributed by atoms with van der Waals surface area (Å²) in [4.78, 5) is 27.6. The quantitative estimate of drug-likeness (QED) is 0.350. The normalized spacial score (nSPS) is 21.9. The zero-order chi connectivity index (χ0) is 26.3. The number of carbonyl (C=O) groups excluding carboxylic acids is 2. The molecule has 2 fully saturated rings. The molecule has 1 amide bonds. The first-order chi connectivity index (χ1) is 17.6. The van der Waals surface area contributed by atoms with Crippen molar-refractivity contribution in [1.82, 2.24) is 5.16 Å². The molecule has 0 saturated heterocycles. The van der Waals surface area contributed by atoms with E-state index in [1.165, 1.54) is 30.2 Å². The van der Waals surface area contributed by atoms with E-state index in [0.29, 0.717) is 36.6 Å². The van der Waals surface area contributed by atoms with Crippen molar-refractivity contribution in [2.75, 3.05) is 18.6 Å². The maximum Gasteiger partial charge on any atom is 0.305 e. The maximum absolute atomic E-state index is 13.6. The Hall–Kier alpha value is -2.63. The summed E-state index contributed by atoms with van der Waals surface area (Å²) in [6.07, 6.45) is 7.86. The molecule has 200 valence electrons. The van der Waals surface area contributed by atoms with E-state index in [1.54, 1.807) is 0 Å². The van der Waals surface area contributed by atoms with Crippen molar-refractivity contribution in [2.45, 2.75) is 103 Å². The molecule has 1 aromatic heterocycles. The molecule has 2 heterocycles. The first-order valence-electron chi connectivity index (χ1n) is 14.1. The zero-order valence-corrected chi connectivity index (χ0v) is 23.1. The summed E-state index contributed by atoms with van der Waals surface area (Å²) in [6.45, 7) is 9.72. The largest absolute Gasteiger partial charge is 0.469 e. The predicted octanol–water partition coefficient (Wildman–Crippen LogP) is 6.81. The molecule has 0 bridgehead atoms. The molecule has 0 radical (unpaired) electrons. The number of aryl methyl sites for hydroxylation is 1. The number of carbonyl (C=O) groups is 2. The molecule has 0 spiro atoms. The standard InChI is InChI=1S/C31H42N2O4/c1-19-6-10-25-22(14-19)12-13-33(25)26(34)17-23(9-11-27(35)36-5)29-28(21-7-8-21)30(37-32-29)24-15-20(16-24)18-31(2,3)4/h6,10,14,20-21,23-24H,7-9,11-13,15-18H2,1-5H3. The average Bonchev–Trinajstić information content (AvgIpc) is 3.42. The fraction of sp³-hybridized carbons (Fsp3) is 0.645. The monoisotopic (exact) mass is 506 g/mol. The molecule has 37 heavy (non-hydrogen) atoms. The van der Waals surface area contributed by atoms with Gasteiger partial charge in [0.05, 0.1) is 12.8 Å². The van der Waals surface area contributed by atoms with Crippen molar-refractivity contribution in [2.24, 2.45) is 11.3 Å². The molecule has 6 nitrogen and oxygen atoms in total. The number of esters is 1. The van der Waals surface area contributed by atoms with Crippen LogP contribution in [0.4, 0.5) is 5.69 Å². The molecular formula is C31H42N2O4. The molecule has 3 aliphatic rings. The van der Waals surface area contributed by atoms with Crippen molar-refractivity contribution >= 4 is 17.6 Å². The van der Waals surface area contributed by atoms with E-state index in [9.17, 15) is 9.59 Å². The number of rotatable bonds is 9. The van der Waals surface area contributed by atoms with E-state index in [0.717, 1.165) is 55.2 Å². The number of anilines is 1. The number of amides is 1. The molecule has 0 N–H and O–H groups in total. The molecule has 1 aliphatic heterocycles. The van der Waals surface area contributed by atoms with Crippen molar-refractivity contribution < 1.29 is 18.8 Å². The minimum Gasteiger partial charge on any atom is -0.469 e. The second-order valence-electron chi connectivity index (χ2n) is 12.9. The van der Waals surface area contributed by atoms with Crippen LogP contribution in [0.2, 0.25) is 0 Å². The van der Waals surface area contributed by atoms with Gasteiger partial charge in [0.1, 0.15) is 5.76 Å². The van der Waals surface area contributed by atoms with E-state index < -0.39 is 0 Å². The van der Waals surface area contributed by atoms with Gasteiger partial charge in [-0.3, -0.25) is 9.59 Å². The Morgan fingerprint density at radius 1 is 1.19 bits per heavy atom. The Bertz CT molecular complexity index is 1150. The van der Waals surface area contributed by atoms with Gasteiger partial charge in [-0.1, -0.05) is 43.6 Å². The SMILES string of the molecule is COC(=O)CCC(CC(=O)N1CCc2cc(C)ccc21)c1noc(C2CC(CC(C)(C)C)C2)c1C1CC1. The molecule has 2 saturated carbocycles. The van der Waals surface area contributed by atoms with Crippen LogP contribution in [-0.4, -0.2) is 30.7 Å². The highest BCUT2D eigenvalue weighted by Gasteiger charge is 2.42. The van der Waals surface area contributed by atoms with Crippen LogP contribution in [0.15, 0.2) is 22.7 Å². The van der Waals surface area contributed by atoms with Crippen LogP contribution in [0.25, 0.3) is 0 Å². The highest BCUT2D eigenvalue weighted by Crippen LogP contribution is 2.53. The number of methoxy groups -OCH3 is 1. The van der Waals surface area contributed by atoms with Crippen molar-refractivity contribution in [3.63, 3.8) is 0 Å². The van der Waals surface area contributed by atoms with Crippen LogP contribution < -0.4 is 4.90 Å². The Balaban J connectivity index is 1.36. The average molecular weight is 507 g/mol. The zero-order valence-electron chi connectivity index (χ0n) is 23.1. The lowest BCUT2D eigenvalue weighted by Gasteiger charge is -2.38. The fourth-order valence-corrected chi connectivity index (χ4v) is 6.52. The number of hydrogen-bond acceptors (Lipinski definition) is 5. The number of hydrogen-bond donors (Lipinski definition) is 0. The van der Waals surface area contributed by atoms with Crippen molar-refractivity contribution in [3.8, 4) is 0 Å². The molecule has 1 aromatic carbocycles. The van der Waals surface area contributed by atoms with Gasteiger partial charge in [0.15, 0.2) is 0 Å². The number of nitrogens with zero attached hydrogens (tertiary/aromatic N) is 2. The van der Waals surface area contributed by atoms with Gasteiger partial charge < -0.3 is 14.2 Å². The van der Waals surface area contributed by atoms with E-state index in [-0.39, 0.29) is 24.2 Å². The van der Waals surface area contributed by atoms with Gasteiger partial charge >= 0.3 is 5.97 Å². The predicted molar refractivity (Wildman–Crippen MR) is 144 cm³/mol. The van der Waals surface area contributed by atoms with Crippen LogP contribution in [0, 0.1) is 18.3 Å². The van der Waals surface area contributed by atoms with Gasteiger partial charge in [0, 0.05) is 42.5 Å². The number of ether oxygens (including phenoxy) is 1. The third-order valence-electron chi connectivity index (χ3n) is 8.44. The van der Waals surface area contributed by atoms with Crippen LogP contribution >= 0.6 is 0 Å². The fourth-order valence-electron chi connectivity index (χ4n) is 6.52. The van der Waals surface area contributed by atoms with E-state index >= 15 is 0 Å². The molecule has 1 atom stereocenters. The van der Waals surface area contributed by atoms with Gasteiger partial charge in [0.25, 0.3) is 0 Å². The van der Waals surface area contributed by atoms with Gasteiger partial charge in [-0.05, 0) is 80.8 Å². The molecule has 2 aromatic rings. The smallest absolute Gasteiger partial charge is 0.305 e. The second-order valence-corrected chi connectivity index (χ2v) is 12.9. The number of fused-ring (bicyclic) bond motifs is 1.